The van der Waals surface area contributed by atoms with E-state index in [1.54, 1.807) is 0 Å². The van der Waals surface area contributed by atoms with Crippen molar-refractivity contribution in [2.24, 2.45) is 5.92 Å². The molecule has 0 saturated carbocycles. The summed E-state index contributed by atoms with van der Waals surface area (Å²) < 4.78 is 5.02. The van der Waals surface area contributed by atoms with E-state index in [0.717, 1.165) is 38.7 Å². The molecule has 2 radical (unpaired) electrons. The topological polar surface area (TPSA) is 9.23 Å². The van der Waals surface area contributed by atoms with Crippen LogP contribution in [0.4, 0.5) is 0 Å². The minimum atomic E-state index is 0.726. The Kier molecular flexibility index (Phi) is 5.66. The van der Waals surface area contributed by atoms with E-state index in [1.807, 2.05) is 0 Å². The van der Waals surface area contributed by atoms with Crippen LogP contribution in [0.3, 0.4) is 0 Å². The van der Waals surface area contributed by atoms with E-state index in [-0.39, 0.29) is 0 Å². The van der Waals surface area contributed by atoms with Crippen LogP contribution in [0.5, 0.6) is 0 Å². The molecule has 0 aliphatic carbocycles. The summed E-state index contributed by atoms with van der Waals surface area (Å²) >= 11 is 0.726. The first-order valence-corrected chi connectivity index (χ1v) is 4.42. The summed E-state index contributed by atoms with van der Waals surface area (Å²) in [6, 6.07) is 0. The van der Waals surface area contributed by atoms with E-state index in [9.17, 15) is 0 Å². The molecular weight excluding hydrogens is 283 g/mol. The Labute approximate surface area is 61.8 Å². The molecule has 1 nitrogen and oxygen atoms in total. The van der Waals surface area contributed by atoms with Crippen LogP contribution in [0.1, 0.15) is 20.3 Å². The van der Waals surface area contributed by atoms with Crippen molar-refractivity contribution in [3.05, 3.63) is 0 Å². The Bertz CT molecular complexity index is 37.1. The third-order valence-corrected chi connectivity index (χ3v) is 1.73. The molecular formula is C5H12OPb. The average molecular weight is 295 g/mol. The summed E-state index contributed by atoms with van der Waals surface area (Å²) in [5.41, 5.74) is 0. The Hall–Kier alpha value is 0.882. The molecule has 0 unspecified atom stereocenters. The monoisotopic (exact) mass is 296 g/mol. The second-order valence-electron chi connectivity index (χ2n) is 2.05. The summed E-state index contributed by atoms with van der Waals surface area (Å²) in [7, 11) is 0. The summed E-state index contributed by atoms with van der Waals surface area (Å²) in [6.07, 6.45) is 1.22. The van der Waals surface area contributed by atoms with Gasteiger partial charge in [-0.15, -0.1) is 0 Å². The molecule has 0 aliphatic rings. The van der Waals surface area contributed by atoms with Gasteiger partial charge in [-0.1, -0.05) is 0 Å². The molecule has 0 aromatic heterocycles. The zero-order chi connectivity index (χ0) is 5.70. The quantitative estimate of drug-likeness (QED) is 0.702. The van der Waals surface area contributed by atoms with Crippen LogP contribution < -0.4 is 0 Å². The van der Waals surface area contributed by atoms with Crippen molar-refractivity contribution in [1.29, 1.82) is 0 Å². The first-order valence-electron chi connectivity index (χ1n) is 2.59. The van der Waals surface area contributed by atoms with Crippen LogP contribution in [0.15, 0.2) is 0 Å². The van der Waals surface area contributed by atoms with Crippen molar-refractivity contribution in [3.8, 4) is 0 Å². The van der Waals surface area contributed by atoms with Gasteiger partial charge in [0.05, 0.1) is 0 Å². The number of hydrogen-bond acceptors (Lipinski definition) is 1. The van der Waals surface area contributed by atoms with Crippen LogP contribution in [-0.4, -0.2) is 32.8 Å². The number of rotatable bonds is 3. The third kappa shape index (κ3) is 6.88. The van der Waals surface area contributed by atoms with E-state index < -0.39 is 0 Å². The van der Waals surface area contributed by atoms with Crippen molar-refractivity contribution in [2.75, 3.05) is 6.61 Å². The Morgan fingerprint density at radius 2 is 2.14 bits per heavy atom. The second-order valence-corrected chi connectivity index (χ2v) is 3.35. The van der Waals surface area contributed by atoms with Crippen LogP contribution in [0.25, 0.3) is 0 Å². The SMILES string of the molecule is CC(C)CC[O][PbH]. The molecule has 0 aromatic rings. The van der Waals surface area contributed by atoms with E-state index in [1.165, 1.54) is 6.42 Å². The Morgan fingerprint density at radius 3 is 2.29 bits per heavy atom. The molecule has 0 bridgehead atoms. The van der Waals surface area contributed by atoms with Crippen molar-refractivity contribution < 1.29 is 2.69 Å². The van der Waals surface area contributed by atoms with E-state index in [0.29, 0.717) is 0 Å². The predicted octanol–water partition coefficient (Wildman–Crippen LogP) is 0.865. The van der Waals surface area contributed by atoms with Crippen LogP contribution >= 0.6 is 0 Å². The fourth-order valence-electron chi connectivity index (χ4n) is 0.304. The van der Waals surface area contributed by atoms with Gasteiger partial charge < -0.3 is 0 Å². The molecule has 0 atom stereocenters. The van der Waals surface area contributed by atoms with Crippen LogP contribution in [-0.2, 0) is 2.69 Å². The molecule has 0 aromatic carbocycles. The molecule has 0 aliphatic heterocycles. The molecule has 0 saturated heterocycles. The summed E-state index contributed by atoms with van der Waals surface area (Å²) in [5.74, 6) is 0.804. The maximum absolute atomic E-state index is 5.02. The van der Waals surface area contributed by atoms with E-state index in [2.05, 4.69) is 13.8 Å². The van der Waals surface area contributed by atoms with Gasteiger partial charge in [0.25, 0.3) is 0 Å². The number of hydrogen-bond donors (Lipinski definition) is 0. The molecule has 0 heterocycles. The first kappa shape index (κ1) is 7.88. The Morgan fingerprint density at radius 1 is 1.57 bits per heavy atom. The molecule has 0 N–H and O–H groups in total. The fraction of sp³-hybridized carbons (Fsp3) is 1.00. The van der Waals surface area contributed by atoms with Crippen molar-refractivity contribution >= 4 is 26.2 Å². The van der Waals surface area contributed by atoms with E-state index in [4.69, 9.17) is 2.69 Å². The van der Waals surface area contributed by atoms with Crippen molar-refractivity contribution in [2.45, 2.75) is 20.3 Å². The molecule has 0 spiro atoms. The standard InChI is InChI=1S/C5H11O.Pb.H/c1-5(2)3-4-6;;/h5H,3-4H2,1-2H3;;/q-1;+1;. The zero-order valence-electron chi connectivity index (χ0n) is 4.98. The fourth-order valence-corrected chi connectivity index (χ4v) is 0.833. The average Bonchev–Trinajstić information content (AvgIpc) is 1.61. The van der Waals surface area contributed by atoms with Gasteiger partial charge in [0.2, 0.25) is 0 Å². The van der Waals surface area contributed by atoms with Gasteiger partial charge in [-0.2, -0.15) is 0 Å². The summed E-state index contributed by atoms with van der Waals surface area (Å²) in [5, 5.41) is 0. The van der Waals surface area contributed by atoms with Crippen LogP contribution in [0.2, 0.25) is 0 Å². The van der Waals surface area contributed by atoms with Gasteiger partial charge in [-0.3, -0.25) is 0 Å². The Balaban J connectivity index is 2.68. The second kappa shape index (κ2) is 5.03. The maximum atomic E-state index is 5.02. The van der Waals surface area contributed by atoms with Gasteiger partial charge in [-0.05, 0) is 0 Å². The normalized spacial score (nSPS) is 10.3. The molecule has 42 valence electrons. The molecule has 7 heavy (non-hydrogen) atoms. The van der Waals surface area contributed by atoms with Crippen molar-refractivity contribution in [3.63, 3.8) is 0 Å². The molecule has 0 rings (SSSR count). The predicted molar refractivity (Wildman–Crippen MR) is 32.6 cm³/mol. The van der Waals surface area contributed by atoms with E-state index >= 15 is 0 Å². The third-order valence-electron chi connectivity index (χ3n) is 0.813. The minimum absolute atomic E-state index is 0.726. The first-order chi connectivity index (χ1) is 3.27. The summed E-state index contributed by atoms with van der Waals surface area (Å²) in [6.45, 7) is 5.40. The van der Waals surface area contributed by atoms with Crippen molar-refractivity contribution in [1.82, 2.24) is 0 Å². The van der Waals surface area contributed by atoms with Gasteiger partial charge in [0.15, 0.2) is 0 Å². The van der Waals surface area contributed by atoms with Gasteiger partial charge in [0.1, 0.15) is 0 Å². The van der Waals surface area contributed by atoms with Gasteiger partial charge in [-0.25, -0.2) is 0 Å². The van der Waals surface area contributed by atoms with Gasteiger partial charge in [0, 0.05) is 0 Å². The summed E-state index contributed by atoms with van der Waals surface area (Å²) in [4.78, 5) is 0. The zero-order valence-corrected chi connectivity index (χ0v) is 9.47. The van der Waals surface area contributed by atoms with Gasteiger partial charge >= 0.3 is 61.7 Å². The molecule has 0 amide bonds. The molecule has 0 fully saturated rings. The van der Waals surface area contributed by atoms with Crippen LogP contribution in [0, 0.1) is 5.92 Å². The molecule has 2 heteroatoms.